The third-order valence-electron chi connectivity index (χ3n) is 3.35. The summed E-state index contributed by atoms with van der Waals surface area (Å²) < 4.78 is 7.62. The van der Waals surface area contributed by atoms with Crippen LogP contribution in [0.15, 0.2) is 18.6 Å². The molecule has 19 heavy (non-hydrogen) atoms. The summed E-state index contributed by atoms with van der Waals surface area (Å²) in [6, 6.07) is 1.83. The second kappa shape index (κ2) is 4.82. The number of rotatable bonds is 2. The molecule has 0 spiro atoms. The zero-order valence-corrected chi connectivity index (χ0v) is 10.8. The number of nitrogens with zero attached hydrogens (tertiary/aromatic N) is 3. The van der Waals surface area contributed by atoms with E-state index in [0.717, 1.165) is 5.39 Å². The van der Waals surface area contributed by atoms with Gasteiger partial charge in [-0.25, -0.2) is 9.97 Å². The molecule has 3 heterocycles. The van der Waals surface area contributed by atoms with Crippen molar-refractivity contribution in [3.8, 4) is 12.3 Å². The summed E-state index contributed by atoms with van der Waals surface area (Å²) in [5.41, 5.74) is 0.684. The van der Waals surface area contributed by atoms with E-state index < -0.39 is 0 Å². The Hall–Kier alpha value is -1.61. The summed E-state index contributed by atoms with van der Waals surface area (Å²) in [6.45, 7) is -0.0381. The summed E-state index contributed by atoms with van der Waals surface area (Å²) in [4.78, 5) is 8.16. The first-order valence-electron chi connectivity index (χ1n) is 5.94. The predicted octanol–water partition coefficient (Wildman–Crippen LogP) is 1.61. The van der Waals surface area contributed by atoms with Crippen molar-refractivity contribution >= 4 is 22.6 Å². The number of terminal acetylenes is 1. The van der Waals surface area contributed by atoms with Gasteiger partial charge in [-0.3, -0.25) is 0 Å². The quantitative estimate of drug-likeness (QED) is 0.669. The van der Waals surface area contributed by atoms with E-state index in [1.165, 1.54) is 6.33 Å². The second-order valence-corrected chi connectivity index (χ2v) is 4.82. The minimum absolute atomic E-state index is 0.0381. The van der Waals surface area contributed by atoms with Crippen LogP contribution in [0.4, 0.5) is 0 Å². The average molecular weight is 278 g/mol. The molecule has 0 bridgehead atoms. The van der Waals surface area contributed by atoms with E-state index >= 15 is 0 Å². The van der Waals surface area contributed by atoms with Crippen LogP contribution in [-0.2, 0) is 4.74 Å². The molecule has 6 heteroatoms. The van der Waals surface area contributed by atoms with E-state index in [-0.39, 0.29) is 24.9 Å². The van der Waals surface area contributed by atoms with Crippen LogP contribution in [0.1, 0.15) is 12.6 Å². The minimum atomic E-state index is -0.328. The largest absolute Gasteiger partial charge is 0.394 e. The Balaban J connectivity index is 2.05. The maximum absolute atomic E-state index is 9.20. The maximum Gasteiger partial charge on any atom is 0.149 e. The van der Waals surface area contributed by atoms with Gasteiger partial charge in [0, 0.05) is 6.20 Å². The first kappa shape index (κ1) is 12.4. The fraction of sp³-hybridized carbons (Fsp3) is 0.385. The molecule has 5 nitrogen and oxygen atoms in total. The predicted molar refractivity (Wildman–Crippen MR) is 70.5 cm³/mol. The number of hydrogen-bond acceptors (Lipinski definition) is 4. The molecule has 1 aliphatic rings. The molecule has 0 saturated carbocycles. The molecule has 2 aromatic rings. The normalized spacial score (nSPS) is 26.7. The fourth-order valence-electron chi connectivity index (χ4n) is 2.42. The molecular formula is C13H12ClN3O2. The molecule has 1 fully saturated rings. The van der Waals surface area contributed by atoms with E-state index in [9.17, 15) is 5.11 Å². The summed E-state index contributed by atoms with van der Waals surface area (Å²) in [5, 5.41) is 10.4. The number of fused-ring (bicyclic) bond motifs is 1. The molecule has 3 atom stereocenters. The standard InChI is InChI=1S/C13H12ClN3O2/c1-2-8-5-9(6-18)19-13(8)17-4-3-10-11(14)15-7-16-12(10)17/h1,3-4,7-9,13,18H,5-6H2. The van der Waals surface area contributed by atoms with Crippen molar-refractivity contribution in [2.75, 3.05) is 6.61 Å². The van der Waals surface area contributed by atoms with Crippen molar-refractivity contribution in [2.24, 2.45) is 5.92 Å². The number of aliphatic hydroxyl groups is 1. The van der Waals surface area contributed by atoms with Gasteiger partial charge in [0.15, 0.2) is 0 Å². The van der Waals surface area contributed by atoms with Crippen LogP contribution < -0.4 is 0 Å². The van der Waals surface area contributed by atoms with Crippen molar-refractivity contribution in [3.05, 3.63) is 23.7 Å². The Bertz CT molecular complexity index is 649. The van der Waals surface area contributed by atoms with Crippen molar-refractivity contribution < 1.29 is 9.84 Å². The number of aromatic nitrogens is 3. The van der Waals surface area contributed by atoms with Crippen LogP contribution in [0.5, 0.6) is 0 Å². The van der Waals surface area contributed by atoms with Crippen LogP contribution in [0, 0.1) is 18.3 Å². The Morgan fingerprint density at radius 1 is 1.58 bits per heavy atom. The average Bonchev–Trinajstić information content (AvgIpc) is 3.02. The summed E-state index contributed by atoms with van der Waals surface area (Å²) in [5.74, 6) is 2.62. The van der Waals surface area contributed by atoms with Gasteiger partial charge < -0.3 is 14.4 Å². The molecule has 1 aliphatic heterocycles. The SMILES string of the molecule is C#CC1CC(CO)OC1n1ccc2c(Cl)ncnc21. The molecule has 0 radical (unpaired) electrons. The lowest BCUT2D eigenvalue weighted by Gasteiger charge is -2.17. The Kier molecular flexibility index (Phi) is 3.15. The van der Waals surface area contributed by atoms with E-state index in [1.807, 2.05) is 16.8 Å². The van der Waals surface area contributed by atoms with Gasteiger partial charge in [-0.15, -0.1) is 6.42 Å². The van der Waals surface area contributed by atoms with Crippen LogP contribution in [0.25, 0.3) is 11.0 Å². The number of ether oxygens (including phenoxy) is 1. The molecule has 3 rings (SSSR count). The summed E-state index contributed by atoms with van der Waals surface area (Å²) in [6.07, 6.45) is 8.85. The van der Waals surface area contributed by atoms with Gasteiger partial charge in [0.2, 0.25) is 0 Å². The summed E-state index contributed by atoms with van der Waals surface area (Å²) in [7, 11) is 0. The number of halogens is 1. The fourth-order valence-corrected chi connectivity index (χ4v) is 2.61. The van der Waals surface area contributed by atoms with Gasteiger partial charge in [0.05, 0.1) is 24.0 Å². The molecule has 3 unspecified atom stereocenters. The zero-order chi connectivity index (χ0) is 13.4. The highest BCUT2D eigenvalue weighted by Crippen LogP contribution is 2.36. The summed E-state index contributed by atoms with van der Waals surface area (Å²) >= 11 is 6.02. The van der Waals surface area contributed by atoms with Gasteiger partial charge in [-0.1, -0.05) is 17.5 Å². The van der Waals surface area contributed by atoms with Crippen LogP contribution in [-0.4, -0.2) is 32.4 Å². The third kappa shape index (κ3) is 1.98. The van der Waals surface area contributed by atoms with Gasteiger partial charge in [-0.2, -0.15) is 0 Å². The molecule has 98 valence electrons. The monoisotopic (exact) mass is 277 g/mol. The highest BCUT2D eigenvalue weighted by Gasteiger charge is 2.35. The topological polar surface area (TPSA) is 60.2 Å². The lowest BCUT2D eigenvalue weighted by atomic mass is 10.0. The van der Waals surface area contributed by atoms with Gasteiger partial charge in [-0.05, 0) is 12.5 Å². The first-order chi connectivity index (χ1) is 9.24. The van der Waals surface area contributed by atoms with Crippen molar-refractivity contribution in [1.82, 2.24) is 14.5 Å². The smallest absolute Gasteiger partial charge is 0.149 e. The molecule has 0 aliphatic carbocycles. The molecule has 1 saturated heterocycles. The Morgan fingerprint density at radius 2 is 2.42 bits per heavy atom. The molecule has 1 N–H and O–H groups in total. The number of aliphatic hydroxyl groups excluding tert-OH is 1. The highest BCUT2D eigenvalue weighted by atomic mass is 35.5. The lowest BCUT2D eigenvalue weighted by molar-refractivity contribution is -0.0260. The molecule has 0 aromatic carbocycles. The van der Waals surface area contributed by atoms with Gasteiger partial charge in [0.25, 0.3) is 0 Å². The minimum Gasteiger partial charge on any atom is -0.394 e. The molecular weight excluding hydrogens is 266 g/mol. The van der Waals surface area contributed by atoms with Gasteiger partial charge in [0.1, 0.15) is 23.4 Å². The first-order valence-corrected chi connectivity index (χ1v) is 6.32. The van der Waals surface area contributed by atoms with E-state index in [0.29, 0.717) is 17.2 Å². The highest BCUT2D eigenvalue weighted by molar-refractivity contribution is 6.33. The second-order valence-electron chi connectivity index (χ2n) is 4.46. The van der Waals surface area contributed by atoms with Crippen molar-refractivity contribution in [1.29, 1.82) is 0 Å². The van der Waals surface area contributed by atoms with Crippen LogP contribution in [0.2, 0.25) is 5.15 Å². The van der Waals surface area contributed by atoms with E-state index in [2.05, 4.69) is 15.9 Å². The molecule has 2 aromatic heterocycles. The van der Waals surface area contributed by atoms with Crippen molar-refractivity contribution in [3.63, 3.8) is 0 Å². The van der Waals surface area contributed by atoms with Crippen LogP contribution >= 0.6 is 11.6 Å². The number of hydrogen-bond donors (Lipinski definition) is 1. The Morgan fingerprint density at radius 3 is 3.16 bits per heavy atom. The lowest BCUT2D eigenvalue weighted by Crippen LogP contribution is -2.15. The van der Waals surface area contributed by atoms with Crippen LogP contribution in [0.3, 0.4) is 0 Å². The van der Waals surface area contributed by atoms with Gasteiger partial charge >= 0.3 is 0 Å². The van der Waals surface area contributed by atoms with E-state index in [4.69, 9.17) is 22.8 Å². The third-order valence-corrected chi connectivity index (χ3v) is 3.65. The maximum atomic E-state index is 9.20. The van der Waals surface area contributed by atoms with Crippen molar-refractivity contribution in [2.45, 2.75) is 18.8 Å². The zero-order valence-electron chi connectivity index (χ0n) is 10.0. The molecule has 0 amide bonds. The Labute approximate surface area is 115 Å². The van der Waals surface area contributed by atoms with E-state index in [1.54, 1.807) is 0 Å².